The van der Waals surface area contributed by atoms with E-state index in [1.54, 1.807) is 0 Å². The molecule has 10 nitrogen and oxygen atoms in total. The van der Waals surface area contributed by atoms with E-state index in [2.05, 4.69) is 12.2 Å². The molecular formula is C34H47NO9. The van der Waals surface area contributed by atoms with Crippen LogP contribution in [0.3, 0.4) is 0 Å². The van der Waals surface area contributed by atoms with E-state index in [1.165, 1.54) is 13.8 Å². The molecule has 2 aromatic rings. The lowest BCUT2D eigenvalue weighted by atomic mass is 9.95. The fourth-order valence-electron chi connectivity index (χ4n) is 5.33. The van der Waals surface area contributed by atoms with Gasteiger partial charge in [0, 0.05) is 18.9 Å². The molecule has 2 N–H and O–H groups in total. The number of rotatable bonds is 16. The third kappa shape index (κ3) is 10.4. The van der Waals surface area contributed by atoms with Gasteiger partial charge in [-0.25, -0.2) is 0 Å². The highest BCUT2D eigenvalue weighted by Gasteiger charge is 2.52. The number of benzene rings is 2. The fraction of sp³-hybridized carbons (Fsp3) is 0.588. The number of carbonyl (C=O) groups excluding carboxylic acids is 2. The van der Waals surface area contributed by atoms with E-state index in [4.69, 9.17) is 28.4 Å². The molecule has 44 heavy (non-hydrogen) atoms. The van der Waals surface area contributed by atoms with E-state index < -0.39 is 42.5 Å². The molecule has 2 aliphatic heterocycles. The van der Waals surface area contributed by atoms with Crippen molar-refractivity contribution in [3.63, 3.8) is 0 Å². The largest absolute Gasteiger partial charge is 0.463 e. The van der Waals surface area contributed by atoms with Crippen molar-refractivity contribution in [3.8, 4) is 0 Å². The topological polar surface area (TPSA) is 122 Å². The van der Waals surface area contributed by atoms with Gasteiger partial charge in [0.05, 0.1) is 19.8 Å². The van der Waals surface area contributed by atoms with Crippen molar-refractivity contribution in [2.45, 2.75) is 108 Å². The van der Waals surface area contributed by atoms with Gasteiger partial charge in [-0.3, -0.25) is 9.59 Å². The van der Waals surface area contributed by atoms with Gasteiger partial charge in [-0.2, -0.15) is 0 Å². The van der Waals surface area contributed by atoms with Crippen LogP contribution >= 0.6 is 0 Å². The second kappa shape index (κ2) is 17.0. The molecule has 7 atom stereocenters. The third-order valence-electron chi connectivity index (χ3n) is 7.65. The molecule has 242 valence electrons. The van der Waals surface area contributed by atoms with Gasteiger partial charge in [0.1, 0.15) is 36.6 Å². The first-order valence-electron chi connectivity index (χ1n) is 15.7. The lowest BCUT2D eigenvalue weighted by molar-refractivity contribution is -0.352. The molecule has 0 bridgehead atoms. The van der Waals surface area contributed by atoms with Crippen molar-refractivity contribution in [1.82, 2.24) is 5.32 Å². The van der Waals surface area contributed by atoms with Crippen LogP contribution in [-0.2, 0) is 44.6 Å². The smallest absolute Gasteiger partial charge is 0.305 e. The fourth-order valence-corrected chi connectivity index (χ4v) is 5.33. The van der Waals surface area contributed by atoms with Crippen molar-refractivity contribution in [2.75, 3.05) is 19.8 Å². The Kier molecular flexibility index (Phi) is 13.1. The molecule has 1 amide bonds. The van der Waals surface area contributed by atoms with Crippen LogP contribution in [0.5, 0.6) is 0 Å². The van der Waals surface area contributed by atoms with E-state index in [0.717, 1.165) is 43.2 Å². The molecule has 2 aliphatic rings. The van der Waals surface area contributed by atoms with Crippen LogP contribution < -0.4 is 5.32 Å². The zero-order valence-electron chi connectivity index (χ0n) is 26.0. The number of hydrogen-bond acceptors (Lipinski definition) is 9. The first-order valence-corrected chi connectivity index (χ1v) is 15.7. The maximum Gasteiger partial charge on any atom is 0.305 e. The minimum atomic E-state index is -1.49. The predicted molar refractivity (Wildman–Crippen MR) is 162 cm³/mol. The van der Waals surface area contributed by atoms with E-state index >= 15 is 0 Å². The van der Waals surface area contributed by atoms with Crippen LogP contribution in [0.25, 0.3) is 0 Å². The van der Waals surface area contributed by atoms with Crippen molar-refractivity contribution < 1.29 is 43.1 Å². The highest BCUT2D eigenvalue weighted by atomic mass is 16.8. The molecule has 0 unspecified atom stereocenters. The van der Waals surface area contributed by atoms with Crippen molar-refractivity contribution in [3.05, 3.63) is 71.8 Å². The van der Waals surface area contributed by atoms with Gasteiger partial charge >= 0.3 is 5.97 Å². The SMILES string of the molecule is CCCCCCCC(=O)OC[C@@](C)(O)CO[C@@H]1O[C@@H]2CO[C@@H](c3ccccc3)O[C@H]2[C@H](OCc2ccccc2)[C@H]1NC(C)=O. The zero-order valence-corrected chi connectivity index (χ0v) is 26.0. The number of unbranched alkanes of at least 4 members (excludes halogenated alkanes) is 4. The molecule has 4 rings (SSSR count). The van der Waals surface area contributed by atoms with Gasteiger partial charge in [0.15, 0.2) is 12.6 Å². The molecule has 0 saturated carbocycles. The van der Waals surface area contributed by atoms with E-state index in [9.17, 15) is 14.7 Å². The van der Waals surface area contributed by atoms with E-state index in [-0.39, 0.29) is 38.3 Å². The Balaban J connectivity index is 1.43. The number of esters is 1. The number of aliphatic hydroxyl groups is 1. The van der Waals surface area contributed by atoms with Crippen molar-refractivity contribution in [2.24, 2.45) is 0 Å². The molecule has 2 saturated heterocycles. The quantitative estimate of drug-likeness (QED) is 0.207. The number of ether oxygens (including phenoxy) is 6. The van der Waals surface area contributed by atoms with Gasteiger partial charge < -0.3 is 38.8 Å². The summed E-state index contributed by atoms with van der Waals surface area (Å²) in [4.78, 5) is 24.6. The summed E-state index contributed by atoms with van der Waals surface area (Å²) in [5, 5.41) is 13.9. The maximum atomic E-state index is 12.4. The number of carbonyl (C=O) groups is 2. The number of amides is 1. The molecular weight excluding hydrogens is 566 g/mol. The Hall–Kier alpha value is -2.86. The van der Waals surface area contributed by atoms with E-state index in [1.807, 2.05) is 60.7 Å². The molecule has 10 heteroatoms. The molecule has 2 aromatic carbocycles. The Morgan fingerprint density at radius 3 is 2.36 bits per heavy atom. The van der Waals surface area contributed by atoms with Gasteiger partial charge in [-0.05, 0) is 18.9 Å². The summed E-state index contributed by atoms with van der Waals surface area (Å²) in [5.74, 6) is -0.654. The summed E-state index contributed by atoms with van der Waals surface area (Å²) in [7, 11) is 0. The minimum Gasteiger partial charge on any atom is -0.463 e. The Labute approximate surface area is 260 Å². The molecule has 0 spiro atoms. The number of fused-ring (bicyclic) bond motifs is 1. The monoisotopic (exact) mass is 613 g/mol. The van der Waals surface area contributed by atoms with Crippen molar-refractivity contribution in [1.29, 1.82) is 0 Å². The standard InChI is InChI=1S/C34H47NO9/c1-4-5-6-7-14-19-28(37)41-22-34(3,38)23-42-33-29(35-24(2)36)31(39-20-25-15-10-8-11-16-25)30-27(43-33)21-40-32(44-30)26-17-12-9-13-18-26/h8-13,15-18,27,29-33,38H,4-7,14,19-23H2,1-3H3,(H,35,36)/t27-,29-,30-,31-,32-,33-,34-/m1/s1. The molecule has 0 aliphatic carbocycles. The Morgan fingerprint density at radius 2 is 1.66 bits per heavy atom. The van der Waals surface area contributed by atoms with Crippen LogP contribution in [0.15, 0.2) is 60.7 Å². The van der Waals surface area contributed by atoms with Gasteiger partial charge in [0.2, 0.25) is 5.91 Å². The summed E-state index contributed by atoms with van der Waals surface area (Å²) in [6.45, 7) is 5.10. The first-order chi connectivity index (χ1) is 21.3. The second-order valence-corrected chi connectivity index (χ2v) is 11.8. The molecule has 2 fully saturated rings. The maximum absolute atomic E-state index is 12.4. The zero-order chi connectivity index (χ0) is 31.4. The van der Waals surface area contributed by atoms with Gasteiger partial charge in [-0.15, -0.1) is 0 Å². The lowest BCUT2D eigenvalue weighted by Gasteiger charge is -2.49. The van der Waals surface area contributed by atoms with Gasteiger partial charge in [-0.1, -0.05) is 93.3 Å². The average molecular weight is 614 g/mol. The summed E-state index contributed by atoms with van der Waals surface area (Å²) in [6.07, 6.45) is 1.95. The van der Waals surface area contributed by atoms with Crippen LogP contribution in [0.4, 0.5) is 0 Å². The van der Waals surface area contributed by atoms with Gasteiger partial charge in [0.25, 0.3) is 0 Å². The van der Waals surface area contributed by atoms with E-state index in [0.29, 0.717) is 6.42 Å². The Bertz CT molecular complexity index is 1150. The van der Waals surface area contributed by atoms with Crippen molar-refractivity contribution >= 4 is 11.9 Å². The number of nitrogens with one attached hydrogen (secondary N) is 1. The normalized spacial score (nSPS) is 26.3. The lowest BCUT2D eigenvalue weighted by Crippen LogP contribution is -2.67. The number of hydrogen-bond donors (Lipinski definition) is 2. The highest BCUT2D eigenvalue weighted by Crippen LogP contribution is 2.36. The third-order valence-corrected chi connectivity index (χ3v) is 7.65. The van der Waals surface area contributed by atoms with Crippen LogP contribution in [0.1, 0.15) is 76.7 Å². The second-order valence-electron chi connectivity index (χ2n) is 11.8. The summed E-state index contributed by atoms with van der Waals surface area (Å²) in [6, 6.07) is 18.5. The van der Waals surface area contributed by atoms with Crippen LogP contribution in [0.2, 0.25) is 0 Å². The minimum absolute atomic E-state index is 0.203. The molecule has 0 radical (unpaired) electrons. The van der Waals surface area contributed by atoms with Crippen LogP contribution in [0, 0.1) is 0 Å². The predicted octanol–water partition coefficient (Wildman–Crippen LogP) is 4.59. The summed E-state index contributed by atoms with van der Waals surface area (Å²) < 4.78 is 36.6. The highest BCUT2D eigenvalue weighted by molar-refractivity contribution is 5.73. The van der Waals surface area contributed by atoms with Crippen LogP contribution in [-0.4, -0.2) is 73.0 Å². The molecule has 0 aromatic heterocycles. The molecule has 2 heterocycles. The first kappa shape index (κ1) is 34.0. The summed E-state index contributed by atoms with van der Waals surface area (Å²) >= 11 is 0. The summed E-state index contributed by atoms with van der Waals surface area (Å²) in [5.41, 5.74) is 0.321. The Morgan fingerprint density at radius 1 is 0.955 bits per heavy atom. The average Bonchev–Trinajstić information content (AvgIpc) is 3.03.